The summed E-state index contributed by atoms with van der Waals surface area (Å²) in [5.41, 5.74) is 0. The Morgan fingerprint density at radius 2 is 2.13 bits per heavy atom. The van der Waals surface area contributed by atoms with Crippen LogP contribution >= 0.6 is 0 Å². The second-order valence-corrected chi connectivity index (χ2v) is 3.74. The lowest BCUT2D eigenvalue weighted by atomic mass is 10.3. The van der Waals surface area contributed by atoms with Crippen LogP contribution in [0.2, 0.25) is 0 Å². The number of hydrogen-bond acceptors (Lipinski definition) is 4. The zero-order valence-electron chi connectivity index (χ0n) is 9.58. The molecule has 2 N–H and O–H groups in total. The molecule has 1 heterocycles. The van der Waals surface area contributed by atoms with Crippen molar-refractivity contribution in [2.75, 3.05) is 46.4 Å². The van der Waals surface area contributed by atoms with Gasteiger partial charge in [0.1, 0.15) is 0 Å². The topological polar surface area (TPSA) is 53.6 Å². The van der Waals surface area contributed by atoms with E-state index in [2.05, 4.69) is 15.5 Å². The van der Waals surface area contributed by atoms with Crippen LogP contribution < -0.4 is 10.6 Å². The van der Waals surface area contributed by atoms with Crippen LogP contribution in [-0.4, -0.2) is 63.3 Å². The fraction of sp³-hybridized carbons (Fsp3) is 0.900. The highest BCUT2D eigenvalue weighted by Gasteiger charge is 2.12. The van der Waals surface area contributed by atoms with E-state index in [9.17, 15) is 4.79 Å². The Morgan fingerprint density at radius 1 is 1.47 bits per heavy atom. The molecule has 5 nitrogen and oxygen atoms in total. The molecule has 1 fully saturated rings. The molecule has 1 aliphatic heterocycles. The summed E-state index contributed by atoms with van der Waals surface area (Å²) in [6.45, 7) is 7.33. The number of nitrogens with zero attached hydrogens (tertiary/aromatic N) is 1. The van der Waals surface area contributed by atoms with Gasteiger partial charge in [0, 0.05) is 33.2 Å². The maximum absolute atomic E-state index is 11.2. The van der Waals surface area contributed by atoms with E-state index in [1.807, 2.05) is 6.92 Å². The van der Waals surface area contributed by atoms with Crippen molar-refractivity contribution in [3.63, 3.8) is 0 Å². The zero-order valence-corrected chi connectivity index (χ0v) is 9.58. The number of carbonyl (C=O) groups excluding carboxylic acids is 1. The molecule has 0 aromatic heterocycles. The molecule has 1 amide bonds. The maximum atomic E-state index is 11.2. The number of rotatable bonds is 5. The molecule has 0 aliphatic carbocycles. The lowest BCUT2D eigenvalue weighted by Crippen LogP contribution is -2.45. The van der Waals surface area contributed by atoms with E-state index in [-0.39, 0.29) is 11.9 Å². The van der Waals surface area contributed by atoms with E-state index < -0.39 is 0 Å². The van der Waals surface area contributed by atoms with E-state index in [4.69, 9.17) is 4.74 Å². The Labute approximate surface area is 91.2 Å². The molecule has 0 bridgehead atoms. The van der Waals surface area contributed by atoms with Gasteiger partial charge >= 0.3 is 0 Å². The number of amides is 1. The molecule has 5 heteroatoms. The first kappa shape index (κ1) is 12.4. The van der Waals surface area contributed by atoms with Crippen molar-refractivity contribution in [2.24, 2.45) is 0 Å². The molecular formula is C10H21N3O2. The molecule has 0 aromatic carbocycles. The summed E-state index contributed by atoms with van der Waals surface area (Å²) in [4.78, 5) is 13.5. The predicted molar refractivity (Wildman–Crippen MR) is 58.8 cm³/mol. The highest BCUT2D eigenvalue weighted by molar-refractivity contribution is 5.80. The Kier molecular flexibility index (Phi) is 5.60. The molecule has 0 aromatic rings. The van der Waals surface area contributed by atoms with Gasteiger partial charge in [-0.05, 0) is 6.92 Å². The molecule has 0 radical (unpaired) electrons. The number of hydrogen-bond donors (Lipinski definition) is 2. The fourth-order valence-corrected chi connectivity index (χ4v) is 1.57. The highest BCUT2D eigenvalue weighted by atomic mass is 16.5. The zero-order chi connectivity index (χ0) is 11.1. The van der Waals surface area contributed by atoms with Crippen LogP contribution in [0.25, 0.3) is 0 Å². The van der Waals surface area contributed by atoms with E-state index in [0.717, 1.165) is 39.4 Å². The molecule has 0 saturated carbocycles. The third-order valence-electron chi connectivity index (χ3n) is 2.62. The van der Waals surface area contributed by atoms with E-state index >= 15 is 0 Å². The summed E-state index contributed by atoms with van der Waals surface area (Å²) in [5, 5.41) is 5.80. The molecule has 1 rings (SSSR count). The maximum Gasteiger partial charge on any atom is 0.236 e. The monoisotopic (exact) mass is 215 g/mol. The Bertz CT molecular complexity index is 193. The van der Waals surface area contributed by atoms with Gasteiger partial charge in [-0.25, -0.2) is 0 Å². The average Bonchev–Trinajstić information content (AvgIpc) is 2.29. The molecule has 1 atom stereocenters. The minimum Gasteiger partial charge on any atom is -0.379 e. The summed E-state index contributed by atoms with van der Waals surface area (Å²) in [7, 11) is 1.66. The Hall–Kier alpha value is -0.650. The van der Waals surface area contributed by atoms with Crippen molar-refractivity contribution >= 4 is 5.91 Å². The van der Waals surface area contributed by atoms with Gasteiger partial charge in [-0.15, -0.1) is 0 Å². The first-order valence-corrected chi connectivity index (χ1v) is 5.49. The Balaban J connectivity index is 2.07. The summed E-state index contributed by atoms with van der Waals surface area (Å²) >= 11 is 0. The largest absolute Gasteiger partial charge is 0.379 e. The second-order valence-electron chi connectivity index (χ2n) is 3.74. The van der Waals surface area contributed by atoms with Gasteiger partial charge in [-0.1, -0.05) is 0 Å². The second kappa shape index (κ2) is 6.76. The van der Waals surface area contributed by atoms with Crippen LogP contribution in [0, 0.1) is 0 Å². The van der Waals surface area contributed by atoms with Crippen molar-refractivity contribution in [3.05, 3.63) is 0 Å². The first-order chi connectivity index (χ1) is 7.24. The van der Waals surface area contributed by atoms with Crippen LogP contribution in [0.1, 0.15) is 6.92 Å². The standard InChI is InChI=1S/C10H21N3O2/c1-9(10(14)11-2)12-3-4-13-5-7-15-8-6-13/h9,12H,3-8H2,1-2H3,(H,11,14). The SMILES string of the molecule is CNC(=O)C(C)NCCN1CCOCC1. The van der Waals surface area contributed by atoms with E-state index in [0.29, 0.717) is 0 Å². The smallest absolute Gasteiger partial charge is 0.236 e. The van der Waals surface area contributed by atoms with Gasteiger partial charge in [-0.2, -0.15) is 0 Å². The Morgan fingerprint density at radius 3 is 2.73 bits per heavy atom. The molecular weight excluding hydrogens is 194 g/mol. The summed E-state index contributed by atoms with van der Waals surface area (Å²) in [5.74, 6) is 0.0389. The summed E-state index contributed by atoms with van der Waals surface area (Å²) < 4.78 is 5.26. The molecule has 0 spiro atoms. The lowest BCUT2D eigenvalue weighted by Gasteiger charge is -2.27. The van der Waals surface area contributed by atoms with Crippen molar-refractivity contribution in [3.8, 4) is 0 Å². The molecule has 1 unspecified atom stereocenters. The number of carbonyl (C=O) groups is 1. The van der Waals surface area contributed by atoms with Crippen molar-refractivity contribution < 1.29 is 9.53 Å². The van der Waals surface area contributed by atoms with Crippen LogP contribution in [0.15, 0.2) is 0 Å². The third-order valence-corrected chi connectivity index (χ3v) is 2.62. The molecule has 15 heavy (non-hydrogen) atoms. The fourth-order valence-electron chi connectivity index (χ4n) is 1.57. The molecule has 88 valence electrons. The normalized spacial score (nSPS) is 19.9. The van der Waals surface area contributed by atoms with Crippen LogP contribution in [0.5, 0.6) is 0 Å². The quantitative estimate of drug-likeness (QED) is 0.620. The van der Waals surface area contributed by atoms with Crippen molar-refractivity contribution in [1.82, 2.24) is 15.5 Å². The van der Waals surface area contributed by atoms with Crippen molar-refractivity contribution in [1.29, 1.82) is 0 Å². The minimum atomic E-state index is -0.115. The number of morpholine rings is 1. The van der Waals surface area contributed by atoms with E-state index in [1.165, 1.54) is 0 Å². The molecule has 1 saturated heterocycles. The van der Waals surface area contributed by atoms with Crippen LogP contribution in [0.4, 0.5) is 0 Å². The van der Waals surface area contributed by atoms with Gasteiger partial charge in [0.15, 0.2) is 0 Å². The lowest BCUT2D eigenvalue weighted by molar-refractivity contribution is -0.122. The van der Waals surface area contributed by atoms with Crippen LogP contribution in [-0.2, 0) is 9.53 Å². The number of likely N-dealkylation sites (N-methyl/N-ethyl adjacent to an activating group) is 1. The van der Waals surface area contributed by atoms with Gasteiger partial charge in [-0.3, -0.25) is 9.69 Å². The first-order valence-electron chi connectivity index (χ1n) is 5.49. The summed E-state index contributed by atoms with van der Waals surface area (Å²) in [6.07, 6.45) is 0. The highest BCUT2D eigenvalue weighted by Crippen LogP contribution is 1.95. The number of ether oxygens (including phenoxy) is 1. The molecule has 1 aliphatic rings. The van der Waals surface area contributed by atoms with Gasteiger partial charge in [0.05, 0.1) is 19.3 Å². The minimum absolute atomic E-state index is 0.0389. The van der Waals surface area contributed by atoms with E-state index in [1.54, 1.807) is 7.05 Å². The van der Waals surface area contributed by atoms with Crippen LogP contribution in [0.3, 0.4) is 0 Å². The van der Waals surface area contributed by atoms with Gasteiger partial charge in [0.2, 0.25) is 5.91 Å². The van der Waals surface area contributed by atoms with Crippen molar-refractivity contribution in [2.45, 2.75) is 13.0 Å². The average molecular weight is 215 g/mol. The number of nitrogens with one attached hydrogen (secondary N) is 2. The van der Waals surface area contributed by atoms with Gasteiger partial charge < -0.3 is 15.4 Å². The summed E-state index contributed by atoms with van der Waals surface area (Å²) in [6, 6.07) is -0.115. The third kappa shape index (κ3) is 4.59. The van der Waals surface area contributed by atoms with Gasteiger partial charge in [0.25, 0.3) is 0 Å². The predicted octanol–water partition coefficient (Wildman–Crippen LogP) is -0.957.